The molecule has 3 N–H and O–H groups in total. The SMILES string of the molecule is CC(C)N[C@H](C(=O)N[C@@H](C)C(=O)Nc1ccc(COC(=O)N2CCC[C@H]2CN(C)C(=O)I)cc1)C(C)C. The number of carbonyl (C=O) groups excluding carboxylic acids is 4. The maximum absolute atomic E-state index is 12.6. The molecule has 0 unspecified atom stereocenters. The quantitative estimate of drug-likeness (QED) is 0.195. The van der Waals surface area contributed by atoms with Crippen LogP contribution in [0.4, 0.5) is 15.3 Å². The fraction of sp³-hybridized carbons (Fsp3) is 0.615. The molecule has 206 valence electrons. The number of halogens is 1. The standard InChI is InChI=1S/C26H40IN5O5/c1-16(2)22(28-17(3)4)24(34)29-18(5)23(33)30-20-11-9-19(10-12-20)15-37-26(36)32-13-7-8-21(32)14-31(6)25(27)35/h9-12,16-18,21-22,28H,7-8,13-15H2,1-6H3,(H,29,34)(H,30,33)/t18-,21-,22-/m0/s1. The molecule has 0 bridgehead atoms. The molecule has 1 saturated heterocycles. The van der Waals surface area contributed by atoms with Gasteiger partial charge < -0.3 is 30.5 Å². The number of hydrogen-bond acceptors (Lipinski definition) is 6. The summed E-state index contributed by atoms with van der Waals surface area (Å²) in [6.45, 7) is 10.7. The summed E-state index contributed by atoms with van der Waals surface area (Å²) in [5.41, 5.74) is 1.36. The van der Waals surface area contributed by atoms with Crippen LogP contribution in [0, 0.1) is 5.92 Å². The molecule has 0 aliphatic carbocycles. The number of nitrogens with one attached hydrogen (secondary N) is 3. The number of likely N-dealkylation sites (tertiary alicyclic amines) is 1. The second-order valence-electron chi connectivity index (χ2n) is 10.1. The number of hydrogen-bond donors (Lipinski definition) is 3. The van der Waals surface area contributed by atoms with Crippen molar-refractivity contribution in [1.29, 1.82) is 0 Å². The van der Waals surface area contributed by atoms with Crippen LogP contribution in [0.3, 0.4) is 0 Å². The van der Waals surface area contributed by atoms with Gasteiger partial charge in [0, 0.05) is 54.5 Å². The number of anilines is 1. The van der Waals surface area contributed by atoms with Crippen molar-refractivity contribution in [2.24, 2.45) is 5.92 Å². The summed E-state index contributed by atoms with van der Waals surface area (Å²) in [5.74, 6) is -0.455. The normalized spacial score (nSPS) is 16.9. The van der Waals surface area contributed by atoms with Crippen molar-refractivity contribution < 1.29 is 23.9 Å². The Bertz CT molecular complexity index is 940. The Labute approximate surface area is 233 Å². The van der Waals surface area contributed by atoms with Crippen molar-refractivity contribution in [3.8, 4) is 0 Å². The second-order valence-corrected chi connectivity index (χ2v) is 11.1. The minimum atomic E-state index is -0.710. The Morgan fingerprint density at radius 2 is 1.73 bits per heavy atom. The Balaban J connectivity index is 1.85. The van der Waals surface area contributed by atoms with Crippen LogP contribution >= 0.6 is 22.6 Å². The highest BCUT2D eigenvalue weighted by molar-refractivity contribution is 14.1. The van der Waals surface area contributed by atoms with Gasteiger partial charge in [-0.3, -0.25) is 14.4 Å². The zero-order valence-corrected chi connectivity index (χ0v) is 24.7. The van der Waals surface area contributed by atoms with Crippen LogP contribution in [0.15, 0.2) is 24.3 Å². The van der Waals surface area contributed by atoms with E-state index in [1.165, 1.54) is 0 Å². The minimum absolute atomic E-state index is 0.0479. The topological polar surface area (TPSA) is 120 Å². The van der Waals surface area contributed by atoms with Crippen molar-refractivity contribution in [1.82, 2.24) is 20.4 Å². The smallest absolute Gasteiger partial charge is 0.410 e. The van der Waals surface area contributed by atoms with E-state index in [1.54, 1.807) is 70.6 Å². The first-order valence-corrected chi connectivity index (χ1v) is 13.8. The molecule has 11 heteroatoms. The van der Waals surface area contributed by atoms with Crippen LogP contribution in [0.25, 0.3) is 0 Å². The summed E-state index contributed by atoms with van der Waals surface area (Å²) in [6.07, 6.45) is 1.32. The molecule has 1 aromatic carbocycles. The molecular formula is C26H40IN5O5. The van der Waals surface area contributed by atoms with E-state index in [4.69, 9.17) is 4.74 Å². The molecule has 4 amide bonds. The van der Waals surface area contributed by atoms with E-state index >= 15 is 0 Å². The lowest BCUT2D eigenvalue weighted by molar-refractivity contribution is -0.128. The third-order valence-corrected chi connectivity index (χ3v) is 7.02. The molecule has 1 aromatic rings. The van der Waals surface area contributed by atoms with E-state index in [0.717, 1.165) is 18.4 Å². The van der Waals surface area contributed by atoms with E-state index in [1.807, 2.05) is 27.7 Å². The molecule has 1 aliphatic rings. The van der Waals surface area contributed by atoms with Gasteiger partial charge in [-0.15, -0.1) is 0 Å². The average Bonchev–Trinajstić information content (AvgIpc) is 3.29. The highest BCUT2D eigenvalue weighted by Gasteiger charge is 2.31. The largest absolute Gasteiger partial charge is 0.445 e. The van der Waals surface area contributed by atoms with Gasteiger partial charge in [0.15, 0.2) is 0 Å². The third kappa shape index (κ3) is 9.76. The molecule has 0 aromatic heterocycles. The van der Waals surface area contributed by atoms with E-state index < -0.39 is 12.1 Å². The average molecular weight is 630 g/mol. The second kappa shape index (κ2) is 14.5. The molecule has 0 radical (unpaired) electrons. The van der Waals surface area contributed by atoms with Crippen LogP contribution in [0.2, 0.25) is 0 Å². The molecular weight excluding hydrogens is 589 g/mol. The molecule has 2 rings (SSSR count). The van der Waals surface area contributed by atoms with Gasteiger partial charge in [0.25, 0.3) is 3.91 Å². The highest BCUT2D eigenvalue weighted by Crippen LogP contribution is 2.20. The minimum Gasteiger partial charge on any atom is -0.445 e. The lowest BCUT2D eigenvalue weighted by atomic mass is 10.0. The zero-order chi connectivity index (χ0) is 27.7. The maximum Gasteiger partial charge on any atom is 0.410 e. The maximum atomic E-state index is 12.6. The molecule has 1 heterocycles. The van der Waals surface area contributed by atoms with Gasteiger partial charge in [-0.25, -0.2) is 4.79 Å². The van der Waals surface area contributed by atoms with E-state index in [-0.39, 0.29) is 46.4 Å². The van der Waals surface area contributed by atoms with Crippen molar-refractivity contribution in [3.05, 3.63) is 29.8 Å². The number of ether oxygens (including phenoxy) is 1. The fourth-order valence-electron chi connectivity index (χ4n) is 4.12. The Morgan fingerprint density at radius 1 is 1.08 bits per heavy atom. The fourth-order valence-corrected chi connectivity index (χ4v) is 4.31. The first kappa shape index (κ1) is 30.8. The Hall–Kier alpha value is -2.41. The Morgan fingerprint density at radius 3 is 2.30 bits per heavy atom. The summed E-state index contributed by atoms with van der Waals surface area (Å²) in [4.78, 5) is 52.7. The van der Waals surface area contributed by atoms with E-state index in [2.05, 4.69) is 16.0 Å². The summed E-state index contributed by atoms with van der Waals surface area (Å²) in [7, 11) is 1.72. The summed E-state index contributed by atoms with van der Waals surface area (Å²) in [5, 5.41) is 8.82. The van der Waals surface area contributed by atoms with Crippen molar-refractivity contribution in [3.63, 3.8) is 0 Å². The number of benzene rings is 1. The number of rotatable bonds is 11. The molecule has 10 nitrogen and oxygen atoms in total. The summed E-state index contributed by atoms with van der Waals surface area (Å²) < 4.78 is 5.43. The van der Waals surface area contributed by atoms with Crippen molar-refractivity contribution >= 4 is 50.1 Å². The number of carbonyl (C=O) groups is 4. The summed E-state index contributed by atoms with van der Waals surface area (Å²) >= 11 is 1.74. The van der Waals surface area contributed by atoms with Crippen LogP contribution in [0.5, 0.6) is 0 Å². The molecule has 3 atom stereocenters. The van der Waals surface area contributed by atoms with Crippen molar-refractivity contribution in [2.45, 2.75) is 78.2 Å². The molecule has 0 spiro atoms. The zero-order valence-electron chi connectivity index (χ0n) is 22.5. The third-order valence-electron chi connectivity index (χ3n) is 6.19. The first-order chi connectivity index (χ1) is 17.4. The van der Waals surface area contributed by atoms with Gasteiger partial charge in [-0.1, -0.05) is 39.8 Å². The van der Waals surface area contributed by atoms with E-state index in [0.29, 0.717) is 18.8 Å². The van der Waals surface area contributed by atoms with Gasteiger partial charge in [-0.05, 0) is 43.4 Å². The van der Waals surface area contributed by atoms with Crippen LogP contribution in [0.1, 0.15) is 53.0 Å². The van der Waals surface area contributed by atoms with Gasteiger partial charge in [-0.2, -0.15) is 0 Å². The Kier molecular flexibility index (Phi) is 12.1. The number of nitrogens with zero attached hydrogens (tertiary/aromatic N) is 2. The van der Waals surface area contributed by atoms with Crippen LogP contribution < -0.4 is 16.0 Å². The lowest BCUT2D eigenvalue weighted by Crippen LogP contribution is -2.53. The van der Waals surface area contributed by atoms with Gasteiger partial charge in [0.1, 0.15) is 12.6 Å². The van der Waals surface area contributed by atoms with Crippen LogP contribution in [-0.2, 0) is 20.9 Å². The van der Waals surface area contributed by atoms with Gasteiger partial charge in [0.05, 0.1) is 12.1 Å². The lowest BCUT2D eigenvalue weighted by Gasteiger charge is -2.27. The van der Waals surface area contributed by atoms with Crippen molar-refractivity contribution in [2.75, 3.05) is 25.5 Å². The van der Waals surface area contributed by atoms with Gasteiger partial charge >= 0.3 is 6.09 Å². The van der Waals surface area contributed by atoms with Crippen LogP contribution in [-0.4, -0.2) is 75.9 Å². The molecule has 0 saturated carbocycles. The molecule has 1 fully saturated rings. The molecule has 1 aliphatic heterocycles. The number of likely N-dealkylation sites (N-methyl/N-ethyl adjacent to an activating group) is 1. The highest BCUT2D eigenvalue weighted by atomic mass is 127. The first-order valence-electron chi connectivity index (χ1n) is 12.7. The predicted octanol–water partition coefficient (Wildman–Crippen LogP) is 3.74. The predicted molar refractivity (Wildman–Crippen MR) is 152 cm³/mol. The monoisotopic (exact) mass is 629 g/mol. The number of amides is 4. The van der Waals surface area contributed by atoms with Gasteiger partial charge in [0.2, 0.25) is 11.8 Å². The van der Waals surface area contributed by atoms with E-state index in [9.17, 15) is 19.2 Å². The molecule has 37 heavy (non-hydrogen) atoms. The summed E-state index contributed by atoms with van der Waals surface area (Å²) in [6, 6.07) is 6.01.